The van der Waals surface area contributed by atoms with Crippen LogP contribution in [0.5, 0.6) is 0 Å². The molecule has 0 saturated heterocycles. The van der Waals surface area contributed by atoms with E-state index in [4.69, 9.17) is 0 Å². The summed E-state index contributed by atoms with van der Waals surface area (Å²) in [6, 6.07) is 2.68. The van der Waals surface area contributed by atoms with Gasteiger partial charge in [-0.2, -0.15) is 5.10 Å². The highest BCUT2D eigenvalue weighted by atomic mass is 15.2. The van der Waals surface area contributed by atoms with Gasteiger partial charge in [-0.05, 0) is 18.5 Å². The summed E-state index contributed by atoms with van der Waals surface area (Å²) in [7, 11) is 1.98. The minimum atomic E-state index is 0.565. The number of nitrogens with zero attached hydrogens (tertiary/aromatic N) is 2. The predicted molar refractivity (Wildman–Crippen MR) is 68.4 cm³/mol. The summed E-state index contributed by atoms with van der Waals surface area (Å²) in [5, 5.41) is 8.05. The first-order valence-corrected chi connectivity index (χ1v) is 6.43. The van der Waals surface area contributed by atoms with Crippen LogP contribution in [0.1, 0.15) is 39.3 Å². The lowest BCUT2D eigenvalue weighted by Crippen LogP contribution is -2.37. The van der Waals surface area contributed by atoms with E-state index in [9.17, 15) is 0 Å². The van der Waals surface area contributed by atoms with Crippen molar-refractivity contribution in [3.05, 3.63) is 18.0 Å². The number of hydrogen-bond acceptors (Lipinski definition) is 2. The van der Waals surface area contributed by atoms with Crippen LogP contribution in [-0.2, 0) is 13.5 Å². The van der Waals surface area contributed by atoms with Crippen LogP contribution in [0.25, 0.3) is 0 Å². The number of rotatable bonds is 7. The molecule has 1 N–H and O–H groups in total. The highest BCUT2D eigenvalue weighted by Gasteiger charge is 2.18. The summed E-state index contributed by atoms with van der Waals surface area (Å²) in [6.07, 6.45) is 5.54. The molecule has 0 saturated carbocycles. The Balaban J connectivity index is 2.63. The number of nitrogens with one attached hydrogen (secondary N) is 1. The van der Waals surface area contributed by atoms with E-state index in [1.54, 1.807) is 0 Å². The fraction of sp³-hybridized carbons (Fsp3) is 0.769. The molecule has 3 heteroatoms. The monoisotopic (exact) mass is 223 g/mol. The summed E-state index contributed by atoms with van der Waals surface area (Å²) in [4.78, 5) is 0. The largest absolute Gasteiger partial charge is 0.314 e. The van der Waals surface area contributed by atoms with Crippen molar-refractivity contribution >= 4 is 0 Å². The Morgan fingerprint density at radius 3 is 2.44 bits per heavy atom. The zero-order chi connectivity index (χ0) is 12.0. The standard InChI is InChI=1S/C13H25N3/c1-5-11(6-2)13(14-7-3)10-12-8-9-16(4)15-12/h8-9,11,13-14H,5-7,10H2,1-4H3. The third-order valence-electron chi connectivity index (χ3n) is 3.28. The maximum atomic E-state index is 4.46. The molecule has 0 bridgehead atoms. The number of hydrogen-bond donors (Lipinski definition) is 1. The molecule has 0 aromatic carbocycles. The van der Waals surface area contributed by atoms with Crippen LogP contribution >= 0.6 is 0 Å². The summed E-state index contributed by atoms with van der Waals surface area (Å²) in [5.74, 6) is 0.752. The van der Waals surface area contributed by atoms with E-state index in [0.29, 0.717) is 6.04 Å². The smallest absolute Gasteiger partial charge is 0.0640 e. The van der Waals surface area contributed by atoms with Gasteiger partial charge in [0.2, 0.25) is 0 Å². The van der Waals surface area contributed by atoms with Crippen LogP contribution < -0.4 is 5.32 Å². The van der Waals surface area contributed by atoms with Crippen LogP contribution in [-0.4, -0.2) is 22.4 Å². The van der Waals surface area contributed by atoms with Crippen LogP contribution in [0.15, 0.2) is 12.3 Å². The minimum absolute atomic E-state index is 0.565. The van der Waals surface area contributed by atoms with E-state index < -0.39 is 0 Å². The van der Waals surface area contributed by atoms with Gasteiger partial charge in [-0.15, -0.1) is 0 Å². The lowest BCUT2D eigenvalue weighted by atomic mass is 9.91. The molecule has 1 aromatic rings. The van der Waals surface area contributed by atoms with E-state index >= 15 is 0 Å². The molecule has 0 amide bonds. The van der Waals surface area contributed by atoms with Gasteiger partial charge >= 0.3 is 0 Å². The fourth-order valence-electron chi connectivity index (χ4n) is 2.32. The summed E-state index contributed by atoms with van der Waals surface area (Å²) < 4.78 is 1.88. The summed E-state index contributed by atoms with van der Waals surface area (Å²) in [6.45, 7) is 7.76. The van der Waals surface area contributed by atoms with Crippen LogP contribution in [0.3, 0.4) is 0 Å². The average Bonchev–Trinajstić information content (AvgIpc) is 2.66. The molecule has 92 valence electrons. The second-order valence-electron chi connectivity index (χ2n) is 4.43. The molecule has 1 heterocycles. The molecule has 16 heavy (non-hydrogen) atoms. The first-order valence-electron chi connectivity index (χ1n) is 6.43. The molecule has 1 rings (SSSR count). The molecular formula is C13H25N3. The fourth-order valence-corrected chi connectivity index (χ4v) is 2.32. The van der Waals surface area contributed by atoms with Crippen molar-refractivity contribution < 1.29 is 0 Å². The van der Waals surface area contributed by atoms with Gasteiger partial charge in [0.25, 0.3) is 0 Å². The number of aryl methyl sites for hydroxylation is 1. The Kier molecular flexibility index (Phi) is 5.53. The maximum Gasteiger partial charge on any atom is 0.0640 e. The SMILES string of the molecule is CCNC(Cc1ccn(C)n1)C(CC)CC. The van der Waals surface area contributed by atoms with Crippen LogP contribution in [0, 0.1) is 5.92 Å². The van der Waals surface area contributed by atoms with Crippen molar-refractivity contribution in [2.45, 2.75) is 46.1 Å². The van der Waals surface area contributed by atoms with Crippen molar-refractivity contribution in [3.8, 4) is 0 Å². The van der Waals surface area contributed by atoms with Crippen molar-refractivity contribution in [2.75, 3.05) is 6.54 Å². The molecule has 1 atom stereocenters. The highest BCUT2D eigenvalue weighted by molar-refractivity contribution is 5.02. The Bertz CT molecular complexity index is 289. The molecule has 0 aliphatic rings. The van der Waals surface area contributed by atoms with Crippen molar-refractivity contribution in [2.24, 2.45) is 13.0 Å². The average molecular weight is 223 g/mol. The summed E-state index contributed by atoms with van der Waals surface area (Å²) in [5.41, 5.74) is 1.19. The Morgan fingerprint density at radius 1 is 1.31 bits per heavy atom. The molecule has 0 aliphatic heterocycles. The van der Waals surface area contributed by atoms with E-state index in [1.165, 1.54) is 18.5 Å². The van der Waals surface area contributed by atoms with E-state index in [2.05, 4.69) is 37.3 Å². The van der Waals surface area contributed by atoms with Gasteiger partial charge < -0.3 is 5.32 Å². The molecule has 0 radical (unpaired) electrons. The van der Waals surface area contributed by atoms with E-state index in [1.807, 2.05) is 17.9 Å². The van der Waals surface area contributed by atoms with Crippen LogP contribution in [0.2, 0.25) is 0 Å². The Morgan fingerprint density at radius 2 is 2.00 bits per heavy atom. The molecule has 3 nitrogen and oxygen atoms in total. The maximum absolute atomic E-state index is 4.46. The number of aromatic nitrogens is 2. The molecule has 0 fully saturated rings. The van der Waals surface area contributed by atoms with Gasteiger partial charge in [0, 0.05) is 25.7 Å². The van der Waals surface area contributed by atoms with Gasteiger partial charge in [0.15, 0.2) is 0 Å². The lowest BCUT2D eigenvalue weighted by Gasteiger charge is -2.25. The van der Waals surface area contributed by atoms with Crippen molar-refractivity contribution in [1.29, 1.82) is 0 Å². The quantitative estimate of drug-likeness (QED) is 0.769. The van der Waals surface area contributed by atoms with Crippen molar-refractivity contribution in [3.63, 3.8) is 0 Å². The Hall–Kier alpha value is -0.830. The van der Waals surface area contributed by atoms with Gasteiger partial charge in [0.05, 0.1) is 5.69 Å². The van der Waals surface area contributed by atoms with Crippen molar-refractivity contribution in [1.82, 2.24) is 15.1 Å². The van der Waals surface area contributed by atoms with Gasteiger partial charge in [-0.3, -0.25) is 4.68 Å². The van der Waals surface area contributed by atoms with Gasteiger partial charge in [-0.25, -0.2) is 0 Å². The lowest BCUT2D eigenvalue weighted by molar-refractivity contribution is 0.334. The first kappa shape index (κ1) is 13.2. The molecule has 1 unspecified atom stereocenters. The predicted octanol–water partition coefficient (Wildman–Crippen LogP) is 2.38. The van der Waals surface area contributed by atoms with Crippen LogP contribution in [0.4, 0.5) is 0 Å². The minimum Gasteiger partial charge on any atom is -0.314 e. The Labute approximate surface area is 99.2 Å². The molecule has 1 aromatic heterocycles. The zero-order valence-electron chi connectivity index (χ0n) is 11.0. The molecule has 0 aliphatic carbocycles. The summed E-state index contributed by atoms with van der Waals surface area (Å²) >= 11 is 0. The second kappa shape index (κ2) is 6.69. The third kappa shape index (κ3) is 3.63. The normalized spacial score (nSPS) is 13.3. The first-order chi connectivity index (χ1) is 7.71. The highest BCUT2D eigenvalue weighted by Crippen LogP contribution is 2.16. The van der Waals surface area contributed by atoms with Gasteiger partial charge in [-0.1, -0.05) is 33.6 Å². The third-order valence-corrected chi connectivity index (χ3v) is 3.28. The topological polar surface area (TPSA) is 29.9 Å². The van der Waals surface area contributed by atoms with E-state index in [0.717, 1.165) is 18.9 Å². The molecule has 0 spiro atoms. The zero-order valence-corrected chi connectivity index (χ0v) is 11.0. The second-order valence-corrected chi connectivity index (χ2v) is 4.43. The van der Waals surface area contributed by atoms with E-state index in [-0.39, 0.29) is 0 Å². The number of likely N-dealkylation sites (N-methyl/N-ethyl adjacent to an activating group) is 1. The molecular weight excluding hydrogens is 198 g/mol. The van der Waals surface area contributed by atoms with Gasteiger partial charge in [0.1, 0.15) is 0 Å².